The molecule has 0 aliphatic carbocycles. The molecule has 0 aromatic carbocycles. The highest BCUT2D eigenvalue weighted by atomic mass is 28.2. The van der Waals surface area contributed by atoms with Crippen molar-refractivity contribution in [3.8, 4) is 0 Å². The molecular formula is C15H34OSi. The molecular weight excluding hydrogens is 224 g/mol. The molecule has 0 amide bonds. The maximum Gasteiger partial charge on any atom is 0.146 e. The Labute approximate surface area is 112 Å². The van der Waals surface area contributed by atoms with Gasteiger partial charge in [0.2, 0.25) is 0 Å². The molecule has 0 aliphatic rings. The second-order valence-electron chi connectivity index (χ2n) is 7.97. The summed E-state index contributed by atoms with van der Waals surface area (Å²) in [6.45, 7) is 16.3. The van der Waals surface area contributed by atoms with Crippen molar-refractivity contribution in [3.63, 3.8) is 0 Å². The van der Waals surface area contributed by atoms with Gasteiger partial charge in [-0.05, 0) is 30.1 Å². The van der Waals surface area contributed by atoms with Crippen molar-refractivity contribution in [1.29, 1.82) is 0 Å². The Morgan fingerprint density at radius 1 is 0.882 bits per heavy atom. The van der Waals surface area contributed by atoms with Crippen LogP contribution in [-0.2, 0) is 4.43 Å². The van der Waals surface area contributed by atoms with E-state index in [0.29, 0.717) is 10.8 Å². The molecule has 104 valence electrons. The van der Waals surface area contributed by atoms with Crippen LogP contribution >= 0.6 is 0 Å². The summed E-state index contributed by atoms with van der Waals surface area (Å²) in [7, 11) is 0.850. The van der Waals surface area contributed by atoms with Crippen LogP contribution in [0.4, 0.5) is 0 Å². The van der Waals surface area contributed by atoms with Gasteiger partial charge < -0.3 is 4.43 Å². The summed E-state index contributed by atoms with van der Waals surface area (Å²) in [5.74, 6) is 0. The van der Waals surface area contributed by atoms with Crippen LogP contribution in [0.15, 0.2) is 0 Å². The third kappa shape index (κ3) is 7.99. The minimum Gasteiger partial charge on any atom is -0.422 e. The van der Waals surface area contributed by atoms with E-state index in [2.05, 4.69) is 48.5 Å². The molecule has 0 unspecified atom stereocenters. The first kappa shape index (κ1) is 17.2. The fourth-order valence-electron chi connectivity index (χ4n) is 2.92. The summed E-state index contributed by atoms with van der Waals surface area (Å²) in [4.78, 5) is 0. The molecule has 1 nitrogen and oxygen atoms in total. The zero-order chi connectivity index (χ0) is 13.7. The fourth-order valence-corrected chi connectivity index (χ4v) is 3.41. The molecule has 17 heavy (non-hydrogen) atoms. The summed E-state index contributed by atoms with van der Waals surface area (Å²) in [6.07, 6.45) is 6.14. The second-order valence-corrected chi connectivity index (χ2v) is 8.37. The van der Waals surface area contributed by atoms with Crippen molar-refractivity contribution in [2.75, 3.05) is 0 Å². The first-order chi connectivity index (χ1) is 7.54. The molecule has 0 spiro atoms. The van der Waals surface area contributed by atoms with Gasteiger partial charge in [-0.3, -0.25) is 0 Å². The molecule has 0 fully saturated rings. The lowest BCUT2D eigenvalue weighted by molar-refractivity contribution is -0.00987. The minimum absolute atomic E-state index is 0.124. The number of unbranched alkanes of at least 4 members (excludes halogenated alkanes) is 1. The number of rotatable bonds is 6. The fraction of sp³-hybridized carbons (Fsp3) is 1.00. The normalized spacial score (nSPS) is 14.3. The molecule has 0 bridgehead atoms. The van der Waals surface area contributed by atoms with Crippen LogP contribution < -0.4 is 0 Å². The largest absolute Gasteiger partial charge is 0.422 e. The monoisotopic (exact) mass is 258 g/mol. The quantitative estimate of drug-likeness (QED) is 0.652. The van der Waals surface area contributed by atoms with Gasteiger partial charge in [-0.2, -0.15) is 0 Å². The number of hydrogen-bond acceptors (Lipinski definition) is 1. The van der Waals surface area contributed by atoms with Crippen LogP contribution in [-0.4, -0.2) is 16.1 Å². The van der Waals surface area contributed by atoms with Gasteiger partial charge in [0.15, 0.2) is 0 Å². The summed E-state index contributed by atoms with van der Waals surface area (Å²) >= 11 is 0. The first-order valence-corrected chi connectivity index (χ1v) is 7.90. The van der Waals surface area contributed by atoms with Crippen LogP contribution in [0.2, 0.25) is 0 Å². The molecule has 0 radical (unpaired) electrons. The van der Waals surface area contributed by atoms with Crippen molar-refractivity contribution in [3.05, 3.63) is 0 Å². The maximum absolute atomic E-state index is 6.13. The van der Waals surface area contributed by atoms with Crippen molar-refractivity contribution in [2.45, 2.75) is 86.2 Å². The van der Waals surface area contributed by atoms with E-state index >= 15 is 0 Å². The lowest BCUT2D eigenvalue weighted by Crippen LogP contribution is -2.40. The maximum atomic E-state index is 6.13. The lowest BCUT2D eigenvalue weighted by Gasteiger charge is -2.42. The van der Waals surface area contributed by atoms with Gasteiger partial charge in [0.1, 0.15) is 10.5 Å². The highest BCUT2D eigenvalue weighted by Crippen LogP contribution is 2.41. The topological polar surface area (TPSA) is 9.23 Å². The van der Waals surface area contributed by atoms with Gasteiger partial charge in [-0.15, -0.1) is 0 Å². The molecule has 0 aromatic rings. The SMILES string of the molecule is CCCCC(CC(C)(C)C)(CC(C)(C)C)O[SiH3]. The summed E-state index contributed by atoms with van der Waals surface area (Å²) in [5, 5.41) is 0. The minimum atomic E-state index is 0.124. The third-order valence-corrected chi connectivity index (χ3v) is 3.99. The Morgan fingerprint density at radius 3 is 1.53 bits per heavy atom. The van der Waals surface area contributed by atoms with Crippen molar-refractivity contribution >= 4 is 10.5 Å². The molecule has 2 heteroatoms. The van der Waals surface area contributed by atoms with Crippen molar-refractivity contribution < 1.29 is 4.43 Å². The van der Waals surface area contributed by atoms with Crippen LogP contribution in [0.5, 0.6) is 0 Å². The Hall–Kier alpha value is 0.177. The van der Waals surface area contributed by atoms with Crippen LogP contribution in [0.3, 0.4) is 0 Å². The summed E-state index contributed by atoms with van der Waals surface area (Å²) < 4.78 is 6.13. The van der Waals surface area contributed by atoms with E-state index < -0.39 is 0 Å². The molecule has 0 saturated carbocycles. The highest BCUT2D eigenvalue weighted by Gasteiger charge is 2.36. The summed E-state index contributed by atoms with van der Waals surface area (Å²) in [5.41, 5.74) is 0.825. The molecule has 0 N–H and O–H groups in total. The molecule has 0 rings (SSSR count). The smallest absolute Gasteiger partial charge is 0.146 e. The van der Waals surface area contributed by atoms with Gasteiger partial charge in [-0.25, -0.2) is 0 Å². The Morgan fingerprint density at radius 2 is 1.29 bits per heavy atom. The number of hydrogen-bond donors (Lipinski definition) is 0. The van der Waals surface area contributed by atoms with Gasteiger partial charge >= 0.3 is 0 Å². The Balaban J connectivity index is 4.87. The van der Waals surface area contributed by atoms with Gasteiger partial charge in [0.05, 0.1) is 5.60 Å². The van der Waals surface area contributed by atoms with E-state index in [-0.39, 0.29) is 5.60 Å². The van der Waals surface area contributed by atoms with E-state index in [0.717, 1.165) is 10.5 Å². The van der Waals surface area contributed by atoms with Gasteiger partial charge in [0.25, 0.3) is 0 Å². The lowest BCUT2D eigenvalue weighted by atomic mass is 9.72. The van der Waals surface area contributed by atoms with Crippen molar-refractivity contribution in [2.24, 2.45) is 10.8 Å². The molecule has 0 atom stereocenters. The zero-order valence-electron chi connectivity index (χ0n) is 13.4. The van der Waals surface area contributed by atoms with E-state index in [1.165, 1.54) is 32.1 Å². The van der Waals surface area contributed by atoms with Crippen LogP contribution in [0.25, 0.3) is 0 Å². The van der Waals surface area contributed by atoms with E-state index in [1.54, 1.807) is 0 Å². The van der Waals surface area contributed by atoms with E-state index in [9.17, 15) is 0 Å². The average Bonchev–Trinajstić information content (AvgIpc) is 2.09. The van der Waals surface area contributed by atoms with E-state index in [1.807, 2.05) is 0 Å². The standard InChI is InChI=1S/C15H34OSi/c1-8-9-10-15(16-17,11-13(2,3)4)12-14(5,6)7/h8-12H2,1-7,17H3. The van der Waals surface area contributed by atoms with Gasteiger partial charge in [-0.1, -0.05) is 61.3 Å². The van der Waals surface area contributed by atoms with Gasteiger partial charge in [0, 0.05) is 0 Å². The van der Waals surface area contributed by atoms with Crippen LogP contribution in [0.1, 0.15) is 80.6 Å². The van der Waals surface area contributed by atoms with Crippen molar-refractivity contribution in [1.82, 2.24) is 0 Å². The highest BCUT2D eigenvalue weighted by molar-refractivity contribution is 5.98. The second kappa shape index (κ2) is 6.37. The van der Waals surface area contributed by atoms with Crippen LogP contribution in [0, 0.1) is 10.8 Å². The molecule has 0 heterocycles. The Bertz CT molecular complexity index is 194. The predicted octanol–water partition coefficient (Wildman–Crippen LogP) is 4.08. The molecule has 0 aromatic heterocycles. The molecule has 0 saturated heterocycles. The predicted molar refractivity (Wildman–Crippen MR) is 81.4 cm³/mol. The summed E-state index contributed by atoms with van der Waals surface area (Å²) in [6, 6.07) is 0. The Kier molecular flexibility index (Phi) is 6.44. The average molecular weight is 259 g/mol. The first-order valence-electron chi connectivity index (χ1n) is 7.09. The van der Waals surface area contributed by atoms with E-state index in [4.69, 9.17) is 4.43 Å². The molecule has 0 aliphatic heterocycles. The zero-order valence-corrected chi connectivity index (χ0v) is 15.4. The third-order valence-electron chi connectivity index (χ3n) is 3.12.